The summed E-state index contributed by atoms with van der Waals surface area (Å²) in [5.74, 6) is -4.49. The highest BCUT2D eigenvalue weighted by atomic mass is 19.4. The summed E-state index contributed by atoms with van der Waals surface area (Å²) in [5.41, 5.74) is 4.04. The number of alkyl halides is 3. The third kappa shape index (κ3) is 2.47. The van der Waals surface area contributed by atoms with Crippen LogP contribution in [0.4, 0.5) is 27.8 Å². The van der Waals surface area contributed by atoms with Crippen molar-refractivity contribution in [2.45, 2.75) is 6.18 Å². The van der Waals surface area contributed by atoms with Gasteiger partial charge in [-0.15, -0.1) is 0 Å². The molecule has 0 radical (unpaired) electrons. The zero-order chi connectivity index (χ0) is 17.6. The van der Waals surface area contributed by atoms with Crippen molar-refractivity contribution < 1.29 is 26.7 Å². The van der Waals surface area contributed by atoms with Crippen molar-refractivity contribution in [2.24, 2.45) is 0 Å². The van der Waals surface area contributed by atoms with Crippen LogP contribution in [-0.4, -0.2) is 26.6 Å². The third-order valence-corrected chi connectivity index (χ3v) is 3.08. The summed E-state index contributed by atoms with van der Waals surface area (Å²) in [5, 5.41) is 0. The van der Waals surface area contributed by atoms with Gasteiger partial charge in [-0.1, -0.05) is 0 Å². The molecule has 126 valence electrons. The molecule has 0 amide bonds. The largest absolute Gasteiger partial charge is 0.492 e. The molecular weight excluding hydrogens is 337 g/mol. The second kappa shape index (κ2) is 5.28. The van der Waals surface area contributed by atoms with E-state index in [2.05, 4.69) is 15.0 Å². The Morgan fingerprint density at radius 1 is 1.17 bits per heavy atom. The van der Waals surface area contributed by atoms with Crippen molar-refractivity contribution in [3.63, 3.8) is 0 Å². The zero-order valence-electron chi connectivity index (χ0n) is 11.9. The number of fused-ring (bicyclic) bond motifs is 1. The monoisotopic (exact) mass is 345 g/mol. The maximum Gasteiger partial charge on any atom is 0.450 e. The van der Waals surface area contributed by atoms with Crippen molar-refractivity contribution in [3.05, 3.63) is 35.8 Å². The minimum Gasteiger partial charge on any atom is -0.492 e. The molecule has 3 aromatic rings. The number of hydrogen-bond acceptors (Lipinski definition) is 5. The molecule has 0 unspecified atom stereocenters. The fourth-order valence-corrected chi connectivity index (χ4v) is 2.20. The molecule has 0 atom stereocenters. The van der Waals surface area contributed by atoms with E-state index in [0.29, 0.717) is 16.7 Å². The summed E-state index contributed by atoms with van der Waals surface area (Å²) >= 11 is 0. The normalized spacial score (nSPS) is 11.9. The number of hydrogen-bond donors (Lipinski definition) is 1. The van der Waals surface area contributed by atoms with Gasteiger partial charge in [0.2, 0.25) is 5.82 Å². The van der Waals surface area contributed by atoms with Gasteiger partial charge < -0.3 is 10.5 Å². The second-order valence-corrected chi connectivity index (χ2v) is 4.65. The van der Waals surface area contributed by atoms with Gasteiger partial charge in [0.05, 0.1) is 19.0 Å². The maximum atomic E-state index is 13.9. The van der Waals surface area contributed by atoms with Crippen LogP contribution in [0.1, 0.15) is 5.82 Å². The Morgan fingerprint density at radius 3 is 2.50 bits per heavy atom. The summed E-state index contributed by atoms with van der Waals surface area (Å²) in [4.78, 5) is 10.7. The fourth-order valence-electron chi connectivity index (χ4n) is 2.20. The zero-order valence-corrected chi connectivity index (χ0v) is 11.9. The quantitative estimate of drug-likeness (QED) is 0.723. The average Bonchev–Trinajstić information content (AvgIpc) is 2.84. The number of rotatable bonds is 2. The molecule has 0 saturated carbocycles. The number of halogens is 5. The van der Waals surface area contributed by atoms with Crippen LogP contribution in [0.3, 0.4) is 0 Å². The molecule has 24 heavy (non-hydrogen) atoms. The highest BCUT2D eigenvalue weighted by Gasteiger charge is 2.39. The molecule has 2 heterocycles. The number of nitrogens with two attached hydrogens (primary N) is 1. The first-order valence-electron chi connectivity index (χ1n) is 6.34. The molecule has 0 saturated heterocycles. The van der Waals surface area contributed by atoms with Gasteiger partial charge in [-0.05, 0) is 0 Å². The smallest absolute Gasteiger partial charge is 0.450 e. The van der Waals surface area contributed by atoms with Gasteiger partial charge in [-0.2, -0.15) is 13.2 Å². The predicted octanol–water partition coefficient (Wildman–Crippen LogP) is 2.70. The van der Waals surface area contributed by atoms with E-state index in [9.17, 15) is 22.0 Å². The van der Waals surface area contributed by atoms with Gasteiger partial charge in [0.15, 0.2) is 22.9 Å². The van der Waals surface area contributed by atoms with E-state index in [1.807, 2.05) is 0 Å². The van der Waals surface area contributed by atoms with Crippen molar-refractivity contribution in [1.82, 2.24) is 19.5 Å². The van der Waals surface area contributed by atoms with Crippen LogP contribution >= 0.6 is 0 Å². The van der Waals surface area contributed by atoms with Gasteiger partial charge in [0.1, 0.15) is 11.6 Å². The topological polar surface area (TPSA) is 78.8 Å². The lowest BCUT2D eigenvalue weighted by atomic mass is 10.2. The lowest BCUT2D eigenvalue weighted by Gasteiger charge is -2.14. The predicted molar refractivity (Wildman–Crippen MR) is 72.5 cm³/mol. The average molecular weight is 345 g/mol. The maximum absolute atomic E-state index is 13.9. The van der Waals surface area contributed by atoms with E-state index in [1.54, 1.807) is 0 Å². The van der Waals surface area contributed by atoms with E-state index in [4.69, 9.17) is 10.5 Å². The molecule has 0 aliphatic carbocycles. The van der Waals surface area contributed by atoms with Crippen LogP contribution in [0, 0.1) is 11.6 Å². The summed E-state index contributed by atoms with van der Waals surface area (Å²) in [6.45, 7) is 0. The van der Waals surface area contributed by atoms with Crippen LogP contribution < -0.4 is 10.5 Å². The first-order valence-corrected chi connectivity index (χ1v) is 6.34. The molecule has 0 aliphatic heterocycles. The van der Waals surface area contributed by atoms with Crippen molar-refractivity contribution >= 4 is 17.1 Å². The van der Waals surface area contributed by atoms with E-state index in [1.165, 1.54) is 0 Å². The van der Waals surface area contributed by atoms with E-state index in [0.717, 1.165) is 13.3 Å². The van der Waals surface area contributed by atoms with Crippen LogP contribution in [0.5, 0.6) is 5.75 Å². The SMILES string of the molecule is COc1c(F)cc(F)cc1-n1c(C(F)(F)F)nc2nc(N)cnc21. The van der Waals surface area contributed by atoms with Crippen LogP contribution in [0.15, 0.2) is 18.3 Å². The van der Waals surface area contributed by atoms with Gasteiger partial charge in [0.25, 0.3) is 0 Å². The highest BCUT2D eigenvalue weighted by molar-refractivity contribution is 5.72. The molecule has 0 spiro atoms. The molecule has 6 nitrogen and oxygen atoms in total. The number of imidazole rings is 1. The lowest BCUT2D eigenvalue weighted by Crippen LogP contribution is -2.15. The van der Waals surface area contributed by atoms with E-state index in [-0.39, 0.29) is 11.5 Å². The number of nitrogen functional groups attached to an aromatic ring is 1. The van der Waals surface area contributed by atoms with Gasteiger partial charge >= 0.3 is 6.18 Å². The van der Waals surface area contributed by atoms with Crippen LogP contribution in [0.2, 0.25) is 0 Å². The second-order valence-electron chi connectivity index (χ2n) is 4.65. The van der Waals surface area contributed by atoms with E-state index < -0.39 is 40.7 Å². The van der Waals surface area contributed by atoms with Crippen molar-refractivity contribution in [1.29, 1.82) is 0 Å². The van der Waals surface area contributed by atoms with Crippen molar-refractivity contribution in [3.8, 4) is 11.4 Å². The number of methoxy groups -OCH3 is 1. The Labute approximate surface area is 130 Å². The summed E-state index contributed by atoms with van der Waals surface area (Å²) < 4.78 is 72.5. The van der Waals surface area contributed by atoms with Gasteiger partial charge in [-0.25, -0.2) is 23.7 Å². The van der Waals surface area contributed by atoms with Crippen LogP contribution in [0.25, 0.3) is 17.0 Å². The molecule has 0 bridgehead atoms. The number of nitrogens with zero attached hydrogens (tertiary/aromatic N) is 4. The molecule has 2 aromatic heterocycles. The Kier molecular flexibility index (Phi) is 3.50. The standard InChI is InChI=1S/C13H8F5N5O/c1-24-9-6(15)2-5(14)3-7(9)23-11-10(21-8(19)4-20-11)22-12(23)13(16,17)18/h2-4H,1H3,(H2,19,21). The molecule has 2 N–H and O–H groups in total. The first-order chi connectivity index (χ1) is 11.2. The lowest BCUT2D eigenvalue weighted by molar-refractivity contribution is -0.145. The number of anilines is 1. The minimum atomic E-state index is -4.94. The Hall–Kier alpha value is -2.98. The number of benzene rings is 1. The first kappa shape index (κ1) is 15.9. The third-order valence-electron chi connectivity index (χ3n) is 3.08. The number of aromatic nitrogens is 4. The Balaban J connectivity index is 2.46. The molecular formula is C13H8F5N5O. The summed E-state index contributed by atoms with van der Waals surface area (Å²) in [6.07, 6.45) is -3.94. The van der Waals surface area contributed by atoms with E-state index >= 15 is 0 Å². The molecule has 3 rings (SSSR count). The Morgan fingerprint density at radius 2 is 1.88 bits per heavy atom. The summed E-state index contributed by atoms with van der Waals surface area (Å²) in [7, 11) is 1.04. The minimum absolute atomic E-state index is 0.154. The number of ether oxygens (including phenoxy) is 1. The molecule has 0 fully saturated rings. The highest BCUT2D eigenvalue weighted by Crippen LogP contribution is 2.36. The van der Waals surface area contributed by atoms with Crippen LogP contribution in [-0.2, 0) is 6.18 Å². The Bertz CT molecular complexity index is 937. The van der Waals surface area contributed by atoms with Gasteiger partial charge in [-0.3, -0.25) is 4.57 Å². The van der Waals surface area contributed by atoms with Crippen molar-refractivity contribution in [2.75, 3.05) is 12.8 Å². The molecule has 0 aliphatic rings. The molecule has 1 aromatic carbocycles. The summed E-state index contributed by atoms with van der Waals surface area (Å²) in [6, 6.07) is 1.16. The fraction of sp³-hybridized carbons (Fsp3) is 0.154. The van der Waals surface area contributed by atoms with Gasteiger partial charge in [0, 0.05) is 12.1 Å². The molecule has 11 heteroatoms.